The molecule has 6 rings (SSSR count). The predicted octanol–water partition coefficient (Wildman–Crippen LogP) is 5.18. The number of halogens is 3. The van der Waals surface area contributed by atoms with Gasteiger partial charge in [-0.3, -0.25) is 0 Å². The average Bonchev–Trinajstić information content (AvgIpc) is 3.07. The summed E-state index contributed by atoms with van der Waals surface area (Å²) in [5.41, 5.74) is 0.337. The minimum absolute atomic E-state index is 0.0530. The first-order valence-electron chi connectivity index (χ1n) is 10.7. The van der Waals surface area contributed by atoms with Crippen LogP contribution in [-0.4, -0.2) is 37.6 Å². The van der Waals surface area contributed by atoms with Gasteiger partial charge in [-0.05, 0) is 74.1 Å². The number of alkyl halides is 3. The Balaban J connectivity index is 1.48. The number of esters is 1. The van der Waals surface area contributed by atoms with Crippen molar-refractivity contribution in [3.05, 3.63) is 23.4 Å². The molecule has 1 aliphatic heterocycles. The molecule has 0 saturated heterocycles. The van der Waals surface area contributed by atoms with Crippen molar-refractivity contribution < 1.29 is 32.5 Å². The summed E-state index contributed by atoms with van der Waals surface area (Å²) in [6, 6.07) is 2.96. The van der Waals surface area contributed by atoms with E-state index in [2.05, 4.69) is 9.73 Å². The van der Waals surface area contributed by atoms with Crippen molar-refractivity contribution in [3.8, 4) is 17.2 Å². The molecule has 0 aromatic heterocycles. The van der Waals surface area contributed by atoms with Crippen LogP contribution in [0.4, 0.5) is 8.78 Å². The molecule has 5 aliphatic rings. The maximum Gasteiger partial charge on any atom is 0.387 e. The first-order valence-corrected chi connectivity index (χ1v) is 11.0. The fourth-order valence-corrected chi connectivity index (χ4v) is 7.08. The molecule has 32 heavy (non-hydrogen) atoms. The van der Waals surface area contributed by atoms with E-state index < -0.39 is 12.6 Å². The Morgan fingerprint density at radius 3 is 2.31 bits per heavy atom. The van der Waals surface area contributed by atoms with E-state index in [9.17, 15) is 13.6 Å². The second-order valence-electron chi connectivity index (χ2n) is 9.36. The lowest BCUT2D eigenvalue weighted by molar-refractivity contribution is -0.131. The summed E-state index contributed by atoms with van der Waals surface area (Å²) >= 11 is 6.92. The predicted molar refractivity (Wildman–Crippen MR) is 113 cm³/mol. The van der Waals surface area contributed by atoms with E-state index in [0.29, 0.717) is 23.3 Å². The van der Waals surface area contributed by atoms with Crippen molar-refractivity contribution in [2.75, 3.05) is 14.2 Å². The molecule has 4 fully saturated rings. The zero-order valence-corrected chi connectivity index (χ0v) is 18.6. The molecule has 4 aliphatic carbocycles. The Labute approximate surface area is 189 Å². The molecule has 0 N–H and O–H groups in total. The van der Waals surface area contributed by atoms with Gasteiger partial charge in [-0.15, -0.1) is 11.6 Å². The molecule has 2 atom stereocenters. The lowest BCUT2D eigenvalue weighted by Crippen LogP contribution is -2.56. The second-order valence-corrected chi connectivity index (χ2v) is 10.2. The summed E-state index contributed by atoms with van der Waals surface area (Å²) in [6.45, 7) is -3.04. The van der Waals surface area contributed by atoms with Crippen LogP contribution in [0, 0.1) is 17.3 Å². The molecule has 9 heteroatoms. The number of cyclic esters (lactones) is 1. The molecule has 4 saturated carbocycles. The van der Waals surface area contributed by atoms with Crippen LogP contribution in [0.1, 0.15) is 44.1 Å². The van der Waals surface area contributed by atoms with E-state index in [0.717, 1.165) is 32.1 Å². The molecule has 1 aromatic carbocycles. The Morgan fingerprint density at radius 1 is 1.16 bits per heavy atom. The van der Waals surface area contributed by atoms with Crippen molar-refractivity contribution in [1.82, 2.24) is 0 Å². The van der Waals surface area contributed by atoms with Gasteiger partial charge in [0.1, 0.15) is 0 Å². The molecule has 2 unspecified atom stereocenters. The Kier molecular flexibility index (Phi) is 5.11. The molecule has 6 nitrogen and oxygen atoms in total. The largest absolute Gasteiger partial charge is 0.493 e. The van der Waals surface area contributed by atoms with Gasteiger partial charge < -0.3 is 18.9 Å². The van der Waals surface area contributed by atoms with E-state index in [4.69, 9.17) is 25.8 Å². The van der Waals surface area contributed by atoms with Gasteiger partial charge in [0, 0.05) is 10.3 Å². The first-order chi connectivity index (χ1) is 15.2. The van der Waals surface area contributed by atoms with Crippen LogP contribution in [-0.2, 0) is 9.53 Å². The van der Waals surface area contributed by atoms with Crippen LogP contribution in [0.15, 0.2) is 22.8 Å². The number of benzene rings is 1. The molecule has 4 bridgehead atoms. The zero-order valence-electron chi connectivity index (χ0n) is 17.8. The molecule has 0 amide bonds. The topological polar surface area (TPSA) is 66.4 Å². The number of carbonyl (C=O) groups excluding carboxylic acids is 1. The van der Waals surface area contributed by atoms with Crippen molar-refractivity contribution in [3.63, 3.8) is 0 Å². The Hall–Kier alpha value is -2.35. The first kappa shape index (κ1) is 21.5. The van der Waals surface area contributed by atoms with E-state index in [1.165, 1.54) is 38.8 Å². The molecular formula is C23H24ClF2NO5. The van der Waals surface area contributed by atoms with E-state index in [-0.39, 0.29) is 33.2 Å². The maximum atomic E-state index is 12.8. The van der Waals surface area contributed by atoms with Crippen LogP contribution in [0.3, 0.4) is 0 Å². The van der Waals surface area contributed by atoms with Crippen LogP contribution in [0.2, 0.25) is 0 Å². The summed E-state index contributed by atoms with van der Waals surface area (Å²) in [4.78, 5) is 17.0. The van der Waals surface area contributed by atoms with Gasteiger partial charge >= 0.3 is 12.6 Å². The Bertz CT molecular complexity index is 985. The van der Waals surface area contributed by atoms with E-state index in [1.807, 2.05) is 0 Å². The van der Waals surface area contributed by atoms with Crippen molar-refractivity contribution in [2.24, 2.45) is 22.2 Å². The molecule has 0 radical (unpaired) electrons. The smallest absolute Gasteiger partial charge is 0.387 e. The molecular weight excluding hydrogens is 444 g/mol. The highest BCUT2D eigenvalue weighted by Crippen LogP contribution is 2.64. The van der Waals surface area contributed by atoms with Gasteiger partial charge in [-0.25, -0.2) is 9.79 Å². The monoisotopic (exact) mass is 467 g/mol. The summed E-state index contributed by atoms with van der Waals surface area (Å²) in [5, 5.41) is 0. The second kappa shape index (κ2) is 7.61. The highest BCUT2D eigenvalue weighted by Gasteiger charge is 2.60. The number of hydrogen-bond acceptors (Lipinski definition) is 6. The number of methoxy groups -OCH3 is 2. The summed E-state index contributed by atoms with van der Waals surface area (Å²) in [6.07, 6.45) is 7.41. The maximum absolute atomic E-state index is 12.8. The fraction of sp³-hybridized carbons (Fsp3) is 0.565. The normalized spacial score (nSPS) is 34.1. The zero-order chi connectivity index (χ0) is 22.7. The summed E-state index contributed by atoms with van der Waals surface area (Å²) in [5.74, 6) is 0.897. The van der Waals surface area contributed by atoms with E-state index in [1.54, 1.807) is 0 Å². The third-order valence-corrected chi connectivity index (χ3v) is 7.50. The van der Waals surface area contributed by atoms with Gasteiger partial charge in [0.15, 0.2) is 17.2 Å². The van der Waals surface area contributed by atoms with Crippen LogP contribution >= 0.6 is 11.6 Å². The van der Waals surface area contributed by atoms with Crippen molar-refractivity contribution in [2.45, 2.75) is 50.0 Å². The van der Waals surface area contributed by atoms with Gasteiger partial charge in [0.05, 0.1) is 14.2 Å². The standard InChI is InChI=1S/C23H24ClF2NO5/c1-29-16-5-12(6-17(30-2)18(16)31-21(25)26)4-15-19(28)32-20(27-15)22-7-13-3-14(8-22)10-23(24,9-13)11-22/h4-6,13-14,21H,3,7-11H2,1-2H3/b15-4+. The lowest BCUT2D eigenvalue weighted by Gasteiger charge is -2.59. The van der Waals surface area contributed by atoms with E-state index >= 15 is 0 Å². The van der Waals surface area contributed by atoms with Gasteiger partial charge in [-0.1, -0.05) is 0 Å². The average molecular weight is 468 g/mol. The van der Waals surface area contributed by atoms with Gasteiger partial charge in [0.25, 0.3) is 0 Å². The summed E-state index contributed by atoms with van der Waals surface area (Å²) in [7, 11) is 2.66. The number of carbonyl (C=O) groups is 1. The number of rotatable bonds is 6. The minimum atomic E-state index is -3.04. The lowest BCUT2D eigenvalue weighted by atomic mass is 9.49. The molecule has 0 spiro atoms. The summed E-state index contributed by atoms with van der Waals surface area (Å²) < 4.78 is 46.1. The number of nitrogens with zero attached hydrogens (tertiary/aromatic N) is 1. The van der Waals surface area contributed by atoms with Crippen LogP contribution in [0.25, 0.3) is 6.08 Å². The highest BCUT2D eigenvalue weighted by molar-refractivity contribution is 6.24. The molecule has 1 aromatic rings. The number of hydrogen-bond donors (Lipinski definition) is 0. The van der Waals surface area contributed by atoms with Gasteiger partial charge in [-0.2, -0.15) is 8.78 Å². The SMILES string of the molecule is COc1cc(/C=C2/N=C(C34CC5CC(CC(Cl)(C5)C3)C4)OC2=O)cc(OC)c1OC(F)F. The fourth-order valence-electron chi connectivity index (χ4n) is 6.38. The third-order valence-electron chi connectivity index (χ3n) is 7.06. The highest BCUT2D eigenvalue weighted by atomic mass is 35.5. The third kappa shape index (κ3) is 3.62. The number of aliphatic imine (C=N–C) groups is 1. The minimum Gasteiger partial charge on any atom is -0.493 e. The van der Waals surface area contributed by atoms with Crippen molar-refractivity contribution >= 4 is 29.5 Å². The Morgan fingerprint density at radius 2 is 1.78 bits per heavy atom. The van der Waals surface area contributed by atoms with Gasteiger partial charge in [0.2, 0.25) is 11.6 Å². The van der Waals surface area contributed by atoms with Crippen molar-refractivity contribution in [1.29, 1.82) is 0 Å². The van der Waals surface area contributed by atoms with Crippen LogP contribution < -0.4 is 14.2 Å². The quantitative estimate of drug-likeness (QED) is 0.327. The van der Waals surface area contributed by atoms with Crippen LogP contribution in [0.5, 0.6) is 17.2 Å². The molecule has 172 valence electrons. The number of ether oxygens (including phenoxy) is 4. The molecule has 1 heterocycles.